The van der Waals surface area contributed by atoms with E-state index in [2.05, 4.69) is 21.4 Å². The Morgan fingerprint density at radius 1 is 1.24 bits per heavy atom. The average Bonchev–Trinajstić information content (AvgIpc) is 3.50. The van der Waals surface area contributed by atoms with Crippen molar-refractivity contribution in [2.24, 2.45) is 11.7 Å². The Labute approximate surface area is 197 Å². The van der Waals surface area contributed by atoms with Gasteiger partial charge in [0.15, 0.2) is 5.82 Å². The van der Waals surface area contributed by atoms with E-state index in [4.69, 9.17) is 10.5 Å². The molecule has 2 saturated heterocycles. The molecule has 2 aliphatic heterocycles. The lowest BCUT2D eigenvalue weighted by Gasteiger charge is -2.34. The van der Waals surface area contributed by atoms with Gasteiger partial charge in [0.25, 0.3) is 5.91 Å². The zero-order valence-corrected chi connectivity index (χ0v) is 18.8. The molecule has 2 atom stereocenters. The predicted molar refractivity (Wildman–Crippen MR) is 122 cm³/mol. The number of carbonyl (C=O) groups is 2. The maximum Gasteiger partial charge on any atom is 0.409 e. The molecule has 180 valence electrons. The molecule has 3 heterocycles. The van der Waals surface area contributed by atoms with E-state index in [9.17, 15) is 19.2 Å². The van der Waals surface area contributed by atoms with Crippen LogP contribution in [0.25, 0.3) is 0 Å². The molecule has 0 unspecified atom stereocenters. The normalized spacial score (nSPS) is 20.6. The second-order valence-electron chi connectivity index (χ2n) is 8.57. The SMILES string of the molecule is N#C[C@H]1CN(C(=O)OCCN2CCCC2)CC[C@@H]1n1cc(C(N)=O)c(Nc2ccc(F)cc2)n1. The summed E-state index contributed by atoms with van der Waals surface area (Å²) in [6.07, 6.45) is 3.91. The van der Waals surface area contributed by atoms with E-state index in [-0.39, 0.29) is 29.8 Å². The summed E-state index contributed by atoms with van der Waals surface area (Å²) in [4.78, 5) is 28.3. The minimum Gasteiger partial charge on any atom is -0.448 e. The van der Waals surface area contributed by atoms with E-state index in [1.165, 1.54) is 43.3 Å². The maximum atomic E-state index is 13.2. The van der Waals surface area contributed by atoms with Crippen LogP contribution in [0.2, 0.25) is 0 Å². The Morgan fingerprint density at radius 2 is 1.97 bits per heavy atom. The van der Waals surface area contributed by atoms with Gasteiger partial charge in [-0.05, 0) is 56.6 Å². The highest BCUT2D eigenvalue weighted by atomic mass is 19.1. The van der Waals surface area contributed by atoms with Crippen LogP contribution in [-0.2, 0) is 4.74 Å². The number of amides is 2. The number of ether oxygens (including phenoxy) is 1. The summed E-state index contributed by atoms with van der Waals surface area (Å²) >= 11 is 0. The number of carbonyl (C=O) groups excluding carboxylic acids is 2. The molecule has 4 rings (SSSR count). The van der Waals surface area contributed by atoms with E-state index in [0.29, 0.717) is 25.3 Å². The number of hydrogen-bond donors (Lipinski definition) is 2. The topological polar surface area (TPSA) is 130 Å². The molecule has 0 bridgehead atoms. The fourth-order valence-corrected chi connectivity index (χ4v) is 4.41. The van der Waals surface area contributed by atoms with E-state index in [0.717, 1.165) is 19.6 Å². The number of nitriles is 1. The molecular formula is C23H28FN7O3. The van der Waals surface area contributed by atoms with Crippen LogP contribution >= 0.6 is 0 Å². The fraction of sp³-hybridized carbons (Fsp3) is 0.478. The van der Waals surface area contributed by atoms with Crippen LogP contribution in [0.3, 0.4) is 0 Å². The molecule has 2 amide bonds. The fourth-order valence-electron chi connectivity index (χ4n) is 4.41. The first-order valence-corrected chi connectivity index (χ1v) is 11.4. The summed E-state index contributed by atoms with van der Waals surface area (Å²) in [6.45, 7) is 3.73. The smallest absolute Gasteiger partial charge is 0.409 e. The standard InChI is InChI=1S/C23H28FN7O3/c24-17-3-5-18(6-4-17)27-22-19(21(26)32)15-31(28-22)20-7-10-30(14-16(20)13-25)23(33)34-12-11-29-8-1-2-9-29/h3-6,15-16,20H,1-2,7-12,14H2,(H2,26,32)(H,27,28)/t16-,20-/m0/s1. The van der Waals surface area contributed by atoms with Gasteiger partial charge in [-0.3, -0.25) is 14.4 Å². The Bertz CT molecular complexity index is 1060. The molecule has 0 radical (unpaired) electrons. The number of hydrogen-bond acceptors (Lipinski definition) is 7. The zero-order valence-electron chi connectivity index (χ0n) is 18.8. The van der Waals surface area contributed by atoms with Gasteiger partial charge < -0.3 is 20.7 Å². The van der Waals surface area contributed by atoms with E-state index in [1.54, 1.807) is 9.58 Å². The van der Waals surface area contributed by atoms with Crippen LogP contribution in [0.15, 0.2) is 30.5 Å². The van der Waals surface area contributed by atoms with Crippen molar-refractivity contribution in [3.8, 4) is 6.07 Å². The number of primary amides is 1. The third kappa shape index (κ3) is 5.46. The molecule has 10 nitrogen and oxygen atoms in total. The first-order chi connectivity index (χ1) is 16.4. The molecule has 2 aromatic rings. The number of anilines is 2. The van der Waals surface area contributed by atoms with E-state index in [1.807, 2.05) is 0 Å². The highest BCUT2D eigenvalue weighted by Gasteiger charge is 2.35. The third-order valence-electron chi connectivity index (χ3n) is 6.28. The van der Waals surface area contributed by atoms with Crippen LogP contribution in [-0.4, -0.2) is 70.9 Å². The number of piperidine rings is 1. The van der Waals surface area contributed by atoms with Crippen molar-refractivity contribution in [1.82, 2.24) is 19.6 Å². The van der Waals surface area contributed by atoms with E-state index >= 15 is 0 Å². The lowest BCUT2D eigenvalue weighted by Crippen LogP contribution is -2.44. The van der Waals surface area contributed by atoms with Crippen LogP contribution < -0.4 is 11.1 Å². The first kappa shape index (κ1) is 23.5. The lowest BCUT2D eigenvalue weighted by molar-refractivity contribution is 0.0719. The van der Waals surface area contributed by atoms with Gasteiger partial charge >= 0.3 is 6.09 Å². The molecule has 11 heteroatoms. The number of nitrogens with zero attached hydrogens (tertiary/aromatic N) is 5. The van der Waals surface area contributed by atoms with Crippen LogP contribution in [0.1, 0.15) is 35.7 Å². The second-order valence-corrected chi connectivity index (χ2v) is 8.57. The van der Waals surface area contributed by atoms with Crippen LogP contribution in [0.5, 0.6) is 0 Å². The van der Waals surface area contributed by atoms with Gasteiger partial charge in [0, 0.05) is 31.5 Å². The number of halogens is 1. The molecule has 2 aliphatic rings. The zero-order chi connectivity index (χ0) is 24.1. The number of aromatic nitrogens is 2. The minimum absolute atomic E-state index is 0.157. The number of nitrogens with two attached hydrogens (primary N) is 1. The van der Waals surface area contributed by atoms with Crippen molar-refractivity contribution in [3.63, 3.8) is 0 Å². The Hall–Kier alpha value is -3.65. The van der Waals surface area contributed by atoms with Crippen molar-refractivity contribution in [3.05, 3.63) is 41.8 Å². The molecule has 1 aromatic heterocycles. The quantitative estimate of drug-likeness (QED) is 0.637. The molecule has 0 aliphatic carbocycles. The van der Waals surface area contributed by atoms with Gasteiger partial charge in [-0.1, -0.05) is 0 Å². The minimum atomic E-state index is -0.677. The van der Waals surface area contributed by atoms with Crippen LogP contribution in [0.4, 0.5) is 20.7 Å². The van der Waals surface area contributed by atoms with E-state index < -0.39 is 17.9 Å². The Kier molecular flexibility index (Phi) is 7.27. The summed E-state index contributed by atoms with van der Waals surface area (Å²) in [5.41, 5.74) is 6.22. The van der Waals surface area contributed by atoms with Gasteiger partial charge in [-0.15, -0.1) is 0 Å². The first-order valence-electron chi connectivity index (χ1n) is 11.4. The van der Waals surface area contributed by atoms with Gasteiger partial charge in [0.2, 0.25) is 0 Å². The maximum absolute atomic E-state index is 13.2. The number of rotatable bonds is 7. The van der Waals surface area contributed by atoms with Crippen LogP contribution in [0, 0.1) is 23.1 Å². The molecule has 3 N–H and O–H groups in total. The molecule has 2 fully saturated rings. The molecular weight excluding hydrogens is 441 g/mol. The second kappa shape index (κ2) is 10.5. The largest absolute Gasteiger partial charge is 0.448 e. The Balaban J connectivity index is 1.40. The van der Waals surface area contributed by atoms with Gasteiger partial charge in [-0.25, -0.2) is 9.18 Å². The summed E-state index contributed by atoms with van der Waals surface area (Å²) in [5, 5.41) is 17.2. The average molecular weight is 470 g/mol. The van der Waals surface area contributed by atoms with Gasteiger partial charge in [0.05, 0.1) is 18.0 Å². The summed E-state index contributed by atoms with van der Waals surface area (Å²) < 4.78 is 20.2. The van der Waals surface area contributed by atoms with Crippen molar-refractivity contribution in [2.75, 3.05) is 44.6 Å². The number of benzene rings is 1. The van der Waals surface area contributed by atoms with Crippen molar-refractivity contribution >= 4 is 23.5 Å². The molecule has 34 heavy (non-hydrogen) atoms. The monoisotopic (exact) mass is 469 g/mol. The lowest BCUT2D eigenvalue weighted by atomic mass is 9.94. The molecule has 0 spiro atoms. The van der Waals surface area contributed by atoms with Gasteiger partial charge in [0.1, 0.15) is 18.0 Å². The van der Waals surface area contributed by atoms with Crippen molar-refractivity contribution in [2.45, 2.75) is 25.3 Å². The van der Waals surface area contributed by atoms with Gasteiger partial charge in [-0.2, -0.15) is 10.4 Å². The highest BCUT2D eigenvalue weighted by molar-refractivity contribution is 5.98. The number of likely N-dealkylation sites (tertiary alicyclic amines) is 2. The van der Waals surface area contributed by atoms with Crippen molar-refractivity contribution in [1.29, 1.82) is 5.26 Å². The highest BCUT2D eigenvalue weighted by Crippen LogP contribution is 2.30. The molecule has 0 saturated carbocycles. The third-order valence-corrected chi connectivity index (χ3v) is 6.28. The molecule has 1 aromatic carbocycles. The summed E-state index contributed by atoms with van der Waals surface area (Å²) in [7, 11) is 0. The predicted octanol–water partition coefficient (Wildman–Crippen LogP) is 2.48. The number of nitrogens with one attached hydrogen (secondary N) is 1. The summed E-state index contributed by atoms with van der Waals surface area (Å²) in [6, 6.07) is 7.52. The Morgan fingerprint density at radius 3 is 2.65 bits per heavy atom. The van der Waals surface area contributed by atoms with Crippen molar-refractivity contribution < 1.29 is 18.7 Å². The summed E-state index contributed by atoms with van der Waals surface area (Å²) in [5.74, 6) is -1.38.